The van der Waals surface area contributed by atoms with Crippen LogP contribution in [0.1, 0.15) is 0 Å². The minimum Gasteiger partial charge on any atom is -0.305 e. The van der Waals surface area contributed by atoms with E-state index in [-0.39, 0.29) is 5.91 Å². The first-order valence-electron chi connectivity index (χ1n) is 3.29. The van der Waals surface area contributed by atoms with Crippen LogP contribution in [0.25, 0.3) is 0 Å². The Labute approximate surface area is 74.4 Å². The number of carbonyl (C=O) groups excluding carboxylic acids is 1. The van der Waals surface area contributed by atoms with Crippen LogP contribution in [0.3, 0.4) is 0 Å². The van der Waals surface area contributed by atoms with E-state index in [0.717, 1.165) is 17.5 Å². The molecular formula is C6H10N2OS2. The third kappa shape index (κ3) is 3.16. The number of nitrogens with one attached hydrogen (secondary N) is 1. The molecule has 0 spiro atoms. The fraction of sp³-hybridized carbons (Fsp3) is 0.667. The summed E-state index contributed by atoms with van der Waals surface area (Å²) in [6, 6.07) is 0. The second-order valence-electron chi connectivity index (χ2n) is 2.02. The number of nitrogens with zero attached hydrogens (tertiary/aromatic N) is 1. The second kappa shape index (κ2) is 4.66. The van der Waals surface area contributed by atoms with Gasteiger partial charge in [-0.15, -0.1) is 0 Å². The first-order valence-corrected chi connectivity index (χ1v) is 5.67. The van der Waals surface area contributed by atoms with Crippen molar-refractivity contribution in [2.45, 2.75) is 0 Å². The highest BCUT2D eigenvalue weighted by molar-refractivity contribution is 8.14. The fourth-order valence-electron chi connectivity index (χ4n) is 0.697. The highest BCUT2D eigenvalue weighted by atomic mass is 32.2. The van der Waals surface area contributed by atoms with E-state index in [4.69, 9.17) is 0 Å². The van der Waals surface area contributed by atoms with E-state index in [2.05, 4.69) is 10.3 Å². The quantitative estimate of drug-likeness (QED) is 0.692. The zero-order valence-electron chi connectivity index (χ0n) is 6.29. The summed E-state index contributed by atoms with van der Waals surface area (Å²) in [5.74, 6) is 1.56. The van der Waals surface area contributed by atoms with Gasteiger partial charge in [-0.25, -0.2) is 0 Å². The molecule has 1 rings (SSSR count). The molecule has 1 aliphatic rings. The number of thioether (sulfide) groups is 2. The zero-order chi connectivity index (χ0) is 8.10. The average molecular weight is 190 g/mol. The molecule has 0 saturated carbocycles. The molecule has 5 heteroatoms. The molecule has 0 fully saturated rings. The van der Waals surface area contributed by atoms with Crippen LogP contribution in [0, 0.1) is 0 Å². The van der Waals surface area contributed by atoms with Gasteiger partial charge in [-0.1, -0.05) is 11.8 Å². The lowest BCUT2D eigenvalue weighted by molar-refractivity contribution is -0.117. The van der Waals surface area contributed by atoms with E-state index in [1.807, 2.05) is 6.26 Å². The maximum Gasteiger partial charge on any atom is 0.235 e. The van der Waals surface area contributed by atoms with Gasteiger partial charge < -0.3 is 5.32 Å². The normalized spacial score (nSPS) is 16.3. The minimum absolute atomic E-state index is 0.0469. The molecule has 0 aromatic rings. The summed E-state index contributed by atoms with van der Waals surface area (Å²) in [6.45, 7) is 0.833. The number of aliphatic imine (C=N–C) groups is 1. The van der Waals surface area contributed by atoms with Gasteiger partial charge in [-0.2, -0.15) is 11.8 Å². The molecule has 62 valence electrons. The number of carbonyl (C=O) groups is 1. The second-order valence-corrected chi connectivity index (χ2v) is 3.97. The Hall–Kier alpha value is -0.160. The maximum absolute atomic E-state index is 11.0. The van der Waals surface area contributed by atoms with Gasteiger partial charge in [0.25, 0.3) is 0 Å². The van der Waals surface area contributed by atoms with Crippen LogP contribution >= 0.6 is 23.5 Å². The molecule has 1 N–H and O–H groups in total. The number of rotatable bonds is 2. The van der Waals surface area contributed by atoms with Gasteiger partial charge in [-0.05, 0) is 6.26 Å². The molecule has 0 aromatic heterocycles. The van der Waals surface area contributed by atoms with E-state index in [9.17, 15) is 4.79 Å². The molecule has 0 saturated heterocycles. The molecule has 0 aliphatic carbocycles. The third-order valence-electron chi connectivity index (χ3n) is 1.11. The van der Waals surface area contributed by atoms with Crippen molar-refractivity contribution < 1.29 is 4.79 Å². The molecule has 0 atom stereocenters. The standard InChI is InChI=1S/C6H10N2OS2/c1-10-4-5(9)8-6-7-2-3-11-6/h2-4H2,1H3,(H,7,8,9). The maximum atomic E-state index is 11.0. The number of amides is 1. The molecule has 0 aromatic carbocycles. The van der Waals surface area contributed by atoms with Crippen molar-refractivity contribution in [2.24, 2.45) is 4.99 Å². The summed E-state index contributed by atoms with van der Waals surface area (Å²) >= 11 is 3.12. The summed E-state index contributed by atoms with van der Waals surface area (Å²) in [6.07, 6.45) is 1.91. The number of hydrogen-bond donors (Lipinski definition) is 1. The third-order valence-corrected chi connectivity index (χ3v) is 2.55. The van der Waals surface area contributed by atoms with Crippen molar-refractivity contribution in [3.05, 3.63) is 0 Å². The topological polar surface area (TPSA) is 41.5 Å². The molecular weight excluding hydrogens is 180 g/mol. The molecule has 3 nitrogen and oxygen atoms in total. The van der Waals surface area contributed by atoms with Gasteiger partial charge in [0, 0.05) is 5.75 Å². The minimum atomic E-state index is 0.0469. The van der Waals surface area contributed by atoms with Crippen molar-refractivity contribution >= 4 is 34.6 Å². The first kappa shape index (κ1) is 8.93. The highest BCUT2D eigenvalue weighted by Crippen LogP contribution is 2.08. The van der Waals surface area contributed by atoms with Gasteiger partial charge in [0.05, 0.1) is 12.3 Å². The predicted octanol–water partition coefficient (Wildman–Crippen LogP) is 0.568. The summed E-state index contributed by atoms with van der Waals surface area (Å²) in [5.41, 5.74) is 0. The van der Waals surface area contributed by atoms with Crippen LogP contribution < -0.4 is 5.32 Å². The van der Waals surface area contributed by atoms with Gasteiger partial charge in [0.2, 0.25) is 5.91 Å². The highest BCUT2D eigenvalue weighted by Gasteiger charge is 2.09. The van der Waals surface area contributed by atoms with Crippen molar-refractivity contribution in [3.8, 4) is 0 Å². The molecule has 1 aliphatic heterocycles. The average Bonchev–Trinajstić information content (AvgIpc) is 2.40. The predicted molar refractivity (Wildman–Crippen MR) is 51.3 cm³/mol. The lowest BCUT2D eigenvalue weighted by Gasteiger charge is -2.00. The lowest BCUT2D eigenvalue weighted by Crippen LogP contribution is -2.28. The smallest absolute Gasteiger partial charge is 0.235 e. The van der Waals surface area contributed by atoms with Crippen molar-refractivity contribution in [2.75, 3.05) is 24.3 Å². The van der Waals surface area contributed by atoms with Crippen LogP contribution in [0.5, 0.6) is 0 Å². The van der Waals surface area contributed by atoms with E-state index in [1.165, 1.54) is 11.8 Å². The van der Waals surface area contributed by atoms with E-state index in [0.29, 0.717) is 5.75 Å². The lowest BCUT2D eigenvalue weighted by atomic mass is 10.7. The van der Waals surface area contributed by atoms with Crippen LogP contribution in [-0.2, 0) is 4.79 Å². The SMILES string of the molecule is CSCC(=O)NC1=NCCS1. The van der Waals surface area contributed by atoms with Crippen LogP contribution in [-0.4, -0.2) is 35.4 Å². The van der Waals surface area contributed by atoms with E-state index in [1.54, 1.807) is 11.8 Å². The van der Waals surface area contributed by atoms with Gasteiger partial charge in [-0.3, -0.25) is 9.79 Å². The van der Waals surface area contributed by atoms with Gasteiger partial charge in [0.15, 0.2) is 5.17 Å². The first-order chi connectivity index (χ1) is 5.33. The van der Waals surface area contributed by atoms with E-state index >= 15 is 0 Å². The Balaban J connectivity index is 2.24. The van der Waals surface area contributed by atoms with Crippen molar-refractivity contribution in [3.63, 3.8) is 0 Å². The largest absolute Gasteiger partial charge is 0.305 e. The Morgan fingerprint density at radius 2 is 2.73 bits per heavy atom. The summed E-state index contributed by atoms with van der Waals surface area (Å²) in [7, 11) is 0. The summed E-state index contributed by atoms with van der Waals surface area (Å²) in [5, 5.41) is 3.51. The van der Waals surface area contributed by atoms with Gasteiger partial charge >= 0.3 is 0 Å². The van der Waals surface area contributed by atoms with Crippen molar-refractivity contribution in [1.29, 1.82) is 0 Å². The molecule has 0 bridgehead atoms. The van der Waals surface area contributed by atoms with Gasteiger partial charge in [0.1, 0.15) is 0 Å². The molecule has 1 heterocycles. The number of hydrogen-bond acceptors (Lipinski definition) is 4. The molecule has 0 radical (unpaired) electrons. The monoisotopic (exact) mass is 190 g/mol. The van der Waals surface area contributed by atoms with E-state index < -0.39 is 0 Å². The Kier molecular flexibility index (Phi) is 3.79. The molecule has 11 heavy (non-hydrogen) atoms. The molecule has 0 unspecified atom stereocenters. The zero-order valence-corrected chi connectivity index (χ0v) is 7.93. The fourth-order valence-corrected chi connectivity index (χ4v) is 1.78. The van der Waals surface area contributed by atoms with Crippen molar-refractivity contribution in [1.82, 2.24) is 5.32 Å². The Morgan fingerprint density at radius 3 is 3.27 bits per heavy atom. The van der Waals surface area contributed by atoms with Crippen LogP contribution in [0.15, 0.2) is 4.99 Å². The number of amidine groups is 1. The Bertz CT molecular complexity index is 181. The van der Waals surface area contributed by atoms with Crippen LogP contribution in [0.4, 0.5) is 0 Å². The summed E-state index contributed by atoms with van der Waals surface area (Å²) < 4.78 is 0. The Morgan fingerprint density at radius 1 is 1.91 bits per heavy atom. The molecule has 1 amide bonds. The van der Waals surface area contributed by atoms with Crippen LogP contribution in [0.2, 0.25) is 0 Å². The summed E-state index contributed by atoms with van der Waals surface area (Å²) in [4.78, 5) is 15.1.